The summed E-state index contributed by atoms with van der Waals surface area (Å²) in [7, 11) is 0. The summed E-state index contributed by atoms with van der Waals surface area (Å²) < 4.78 is 5.03. The summed E-state index contributed by atoms with van der Waals surface area (Å²) in [6, 6.07) is -1.11. The largest absolute Gasteiger partial charge is 0.480 e. The van der Waals surface area contributed by atoms with Crippen LogP contribution in [0.25, 0.3) is 0 Å². The molecule has 2 amide bonds. The standard InChI is InChI=1S/C13H21ClN2O5/c1-13(2,3)21-12(20)15-6-9(11(18)19)16-7-8(5-14)4-10(16)17/h8-9H,4-7H2,1-3H3,(H,15,20)(H,18,19)/t8?,9-/m1/s1. The van der Waals surface area contributed by atoms with E-state index in [9.17, 15) is 19.5 Å². The molecule has 2 atom stereocenters. The van der Waals surface area contributed by atoms with Crippen molar-refractivity contribution in [2.24, 2.45) is 5.92 Å². The number of hydrogen-bond acceptors (Lipinski definition) is 4. The van der Waals surface area contributed by atoms with Gasteiger partial charge in [-0.25, -0.2) is 9.59 Å². The van der Waals surface area contributed by atoms with Crippen molar-refractivity contribution in [3.05, 3.63) is 0 Å². The smallest absolute Gasteiger partial charge is 0.407 e. The molecule has 21 heavy (non-hydrogen) atoms. The van der Waals surface area contributed by atoms with Crippen LogP contribution >= 0.6 is 11.6 Å². The molecule has 0 aromatic heterocycles. The molecule has 1 heterocycles. The third kappa shape index (κ3) is 5.41. The van der Waals surface area contributed by atoms with E-state index in [2.05, 4.69) is 5.32 Å². The molecule has 120 valence electrons. The van der Waals surface area contributed by atoms with Crippen LogP contribution < -0.4 is 5.32 Å². The van der Waals surface area contributed by atoms with E-state index in [1.165, 1.54) is 4.90 Å². The summed E-state index contributed by atoms with van der Waals surface area (Å²) in [5, 5.41) is 11.6. The number of rotatable bonds is 5. The van der Waals surface area contributed by atoms with Gasteiger partial charge in [0.05, 0.1) is 6.54 Å². The van der Waals surface area contributed by atoms with Crippen LogP contribution in [0.3, 0.4) is 0 Å². The van der Waals surface area contributed by atoms with Gasteiger partial charge in [-0.1, -0.05) is 0 Å². The normalized spacial score (nSPS) is 20.3. The molecule has 1 unspecified atom stereocenters. The van der Waals surface area contributed by atoms with Crippen LogP contribution in [-0.4, -0.2) is 58.6 Å². The highest BCUT2D eigenvalue weighted by atomic mass is 35.5. The lowest BCUT2D eigenvalue weighted by atomic mass is 10.1. The Balaban J connectivity index is 2.61. The minimum absolute atomic E-state index is 0.0532. The highest BCUT2D eigenvalue weighted by Gasteiger charge is 2.37. The van der Waals surface area contributed by atoms with Gasteiger partial charge in [0, 0.05) is 18.8 Å². The summed E-state index contributed by atoms with van der Waals surface area (Å²) in [6.45, 7) is 5.20. The molecular weight excluding hydrogens is 300 g/mol. The van der Waals surface area contributed by atoms with Gasteiger partial charge >= 0.3 is 12.1 Å². The Morgan fingerprint density at radius 1 is 1.52 bits per heavy atom. The van der Waals surface area contributed by atoms with Crippen molar-refractivity contribution < 1.29 is 24.2 Å². The molecule has 0 aliphatic carbocycles. The molecule has 1 rings (SSSR count). The maximum absolute atomic E-state index is 11.8. The Bertz CT molecular complexity index is 421. The number of aliphatic carboxylic acids is 1. The molecule has 0 bridgehead atoms. The van der Waals surface area contributed by atoms with E-state index in [4.69, 9.17) is 16.3 Å². The number of amides is 2. The SMILES string of the molecule is CC(C)(C)OC(=O)NC[C@H](C(=O)O)N1CC(CCl)CC1=O. The molecule has 0 saturated carbocycles. The zero-order valence-electron chi connectivity index (χ0n) is 12.4. The molecule has 1 saturated heterocycles. The molecule has 1 aliphatic rings. The number of carboxylic acid groups (broad SMARTS) is 1. The molecule has 1 fully saturated rings. The van der Waals surface area contributed by atoms with Gasteiger partial charge in [0.25, 0.3) is 0 Å². The summed E-state index contributed by atoms with van der Waals surface area (Å²) in [6.07, 6.45) is -0.478. The number of halogens is 1. The number of alkyl carbamates (subject to hydrolysis) is 1. The molecule has 1 aliphatic heterocycles. The first-order chi connectivity index (χ1) is 9.64. The minimum atomic E-state index is -1.17. The Kier molecular flexibility index (Phi) is 5.83. The Morgan fingerprint density at radius 3 is 2.57 bits per heavy atom. The molecule has 7 nitrogen and oxygen atoms in total. The molecular formula is C13H21ClN2O5. The zero-order valence-corrected chi connectivity index (χ0v) is 13.1. The number of nitrogens with one attached hydrogen (secondary N) is 1. The molecule has 0 radical (unpaired) electrons. The van der Waals surface area contributed by atoms with Crippen molar-refractivity contribution in [2.75, 3.05) is 19.0 Å². The van der Waals surface area contributed by atoms with E-state index < -0.39 is 23.7 Å². The monoisotopic (exact) mass is 320 g/mol. The minimum Gasteiger partial charge on any atom is -0.480 e. The number of ether oxygens (including phenoxy) is 1. The highest BCUT2D eigenvalue weighted by molar-refractivity contribution is 6.18. The molecule has 0 aromatic rings. The van der Waals surface area contributed by atoms with Crippen LogP contribution in [0, 0.1) is 5.92 Å². The van der Waals surface area contributed by atoms with E-state index in [1.807, 2.05) is 0 Å². The van der Waals surface area contributed by atoms with E-state index in [-0.39, 0.29) is 31.3 Å². The maximum Gasteiger partial charge on any atom is 0.407 e. The van der Waals surface area contributed by atoms with Gasteiger partial charge < -0.3 is 20.1 Å². The van der Waals surface area contributed by atoms with Crippen molar-refractivity contribution in [1.29, 1.82) is 0 Å². The summed E-state index contributed by atoms with van der Waals surface area (Å²) >= 11 is 5.71. The Labute approximate surface area is 128 Å². The van der Waals surface area contributed by atoms with Crippen LogP contribution in [0.2, 0.25) is 0 Å². The molecule has 8 heteroatoms. The first kappa shape index (κ1) is 17.6. The first-order valence-corrected chi connectivity index (χ1v) is 7.22. The predicted molar refractivity (Wildman–Crippen MR) is 76.2 cm³/mol. The number of nitrogens with zero attached hydrogens (tertiary/aromatic N) is 1. The highest BCUT2D eigenvalue weighted by Crippen LogP contribution is 2.21. The van der Waals surface area contributed by atoms with Crippen molar-refractivity contribution in [1.82, 2.24) is 10.2 Å². The van der Waals surface area contributed by atoms with Gasteiger partial charge in [0.1, 0.15) is 11.6 Å². The average molecular weight is 321 g/mol. The fourth-order valence-corrected chi connectivity index (χ4v) is 2.24. The third-order valence-electron chi connectivity index (χ3n) is 2.96. The van der Waals surface area contributed by atoms with Crippen molar-refractivity contribution in [3.8, 4) is 0 Å². The second-order valence-corrected chi connectivity index (χ2v) is 6.32. The molecule has 0 spiro atoms. The third-order valence-corrected chi connectivity index (χ3v) is 3.39. The predicted octanol–water partition coefficient (Wildman–Crippen LogP) is 1.05. The van der Waals surface area contributed by atoms with E-state index in [0.717, 1.165) is 0 Å². The number of carbonyl (C=O) groups excluding carboxylic acids is 2. The number of hydrogen-bond donors (Lipinski definition) is 2. The van der Waals surface area contributed by atoms with Gasteiger partial charge in [0.15, 0.2) is 0 Å². The summed E-state index contributed by atoms with van der Waals surface area (Å²) in [5.41, 5.74) is -0.671. The van der Waals surface area contributed by atoms with Crippen LogP contribution in [0.4, 0.5) is 4.79 Å². The second-order valence-electron chi connectivity index (χ2n) is 6.01. The van der Waals surface area contributed by atoms with E-state index in [1.54, 1.807) is 20.8 Å². The van der Waals surface area contributed by atoms with Crippen LogP contribution in [0.15, 0.2) is 0 Å². The number of carbonyl (C=O) groups is 3. The van der Waals surface area contributed by atoms with E-state index in [0.29, 0.717) is 5.88 Å². The number of likely N-dealkylation sites (tertiary alicyclic amines) is 1. The van der Waals surface area contributed by atoms with Crippen LogP contribution in [0.5, 0.6) is 0 Å². The average Bonchev–Trinajstić information content (AvgIpc) is 2.68. The van der Waals surface area contributed by atoms with Gasteiger partial charge in [0.2, 0.25) is 5.91 Å². The van der Waals surface area contributed by atoms with Crippen molar-refractivity contribution in [3.63, 3.8) is 0 Å². The van der Waals surface area contributed by atoms with Gasteiger partial charge in [-0.3, -0.25) is 4.79 Å². The fourth-order valence-electron chi connectivity index (χ4n) is 2.04. The maximum atomic E-state index is 11.8. The summed E-state index contributed by atoms with van der Waals surface area (Å²) in [4.78, 5) is 35.9. The topological polar surface area (TPSA) is 95.9 Å². The molecule has 2 N–H and O–H groups in total. The summed E-state index contributed by atoms with van der Waals surface area (Å²) in [5.74, 6) is -1.19. The first-order valence-electron chi connectivity index (χ1n) is 6.69. The Hall–Kier alpha value is -1.50. The van der Waals surface area contributed by atoms with Crippen molar-refractivity contribution >= 4 is 29.6 Å². The van der Waals surface area contributed by atoms with Crippen LogP contribution in [-0.2, 0) is 14.3 Å². The Morgan fingerprint density at radius 2 is 2.14 bits per heavy atom. The lowest BCUT2D eigenvalue weighted by Gasteiger charge is -2.26. The lowest BCUT2D eigenvalue weighted by Crippen LogP contribution is -2.50. The van der Waals surface area contributed by atoms with E-state index >= 15 is 0 Å². The number of alkyl halides is 1. The van der Waals surface area contributed by atoms with Crippen molar-refractivity contribution in [2.45, 2.75) is 38.8 Å². The lowest BCUT2D eigenvalue weighted by molar-refractivity contribution is -0.148. The quantitative estimate of drug-likeness (QED) is 0.738. The van der Waals surface area contributed by atoms with Gasteiger partial charge in [-0.05, 0) is 26.7 Å². The van der Waals surface area contributed by atoms with Gasteiger partial charge in [-0.15, -0.1) is 11.6 Å². The fraction of sp³-hybridized carbons (Fsp3) is 0.769. The number of carboxylic acids is 1. The second kappa shape index (κ2) is 6.98. The molecule has 0 aromatic carbocycles. The van der Waals surface area contributed by atoms with Crippen LogP contribution in [0.1, 0.15) is 27.2 Å². The van der Waals surface area contributed by atoms with Gasteiger partial charge in [-0.2, -0.15) is 0 Å². The zero-order chi connectivity index (χ0) is 16.2.